The second kappa shape index (κ2) is 10.9. The van der Waals surface area contributed by atoms with E-state index in [0.717, 1.165) is 0 Å². The first-order valence-electron chi connectivity index (χ1n) is 15.9. The lowest BCUT2D eigenvalue weighted by Crippen LogP contribution is -1.91. The van der Waals surface area contributed by atoms with Crippen molar-refractivity contribution >= 4 is 43.1 Å². The zero-order valence-electron chi connectivity index (χ0n) is 25.3. The van der Waals surface area contributed by atoms with Crippen LogP contribution in [0.2, 0.25) is 0 Å². The van der Waals surface area contributed by atoms with Gasteiger partial charge in [-0.05, 0) is 93.7 Å². The SMILES string of the molecule is c1ccc(-c2ccc3cccc(-c4ccc(-c5c6ccccc6c(-c6cccc7ccccc67)c6ccccc56)cc4)c3c2)cc1. The van der Waals surface area contributed by atoms with Crippen molar-refractivity contribution in [3.63, 3.8) is 0 Å². The third-order valence-electron chi connectivity index (χ3n) is 9.46. The standard InChI is InChI=1S/C46H30/c1-2-12-31(13-3-1)36-29-26-33-16-10-22-38(44(33)30-36)34-24-27-35(28-25-34)45-40-18-6-8-20-42(40)46(43-21-9-7-19-41(43)45)39-23-11-15-32-14-4-5-17-37(32)39/h1-30H. The number of rotatable bonds is 4. The Morgan fingerprint density at radius 3 is 1.37 bits per heavy atom. The molecule has 0 aliphatic heterocycles. The lowest BCUT2D eigenvalue weighted by atomic mass is 9.84. The summed E-state index contributed by atoms with van der Waals surface area (Å²) in [6.45, 7) is 0. The van der Waals surface area contributed by atoms with Gasteiger partial charge in [-0.1, -0.05) is 176 Å². The number of fused-ring (bicyclic) bond motifs is 4. The molecule has 0 unspecified atom stereocenters. The van der Waals surface area contributed by atoms with E-state index in [-0.39, 0.29) is 0 Å². The van der Waals surface area contributed by atoms with E-state index in [1.165, 1.54) is 87.6 Å². The van der Waals surface area contributed by atoms with Crippen LogP contribution in [-0.4, -0.2) is 0 Å². The summed E-state index contributed by atoms with van der Waals surface area (Å²) >= 11 is 0. The predicted molar refractivity (Wildman–Crippen MR) is 198 cm³/mol. The highest BCUT2D eigenvalue weighted by Gasteiger charge is 2.18. The summed E-state index contributed by atoms with van der Waals surface area (Å²) in [5, 5.41) is 10.2. The van der Waals surface area contributed by atoms with Gasteiger partial charge in [0.1, 0.15) is 0 Å². The largest absolute Gasteiger partial charge is 0.0622 e. The fourth-order valence-electron chi connectivity index (χ4n) is 7.32. The van der Waals surface area contributed by atoms with Crippen LogP contribution in [0.25, 0.3) is 87.6 Å². The van der Waals surface area contributed by atoms with Gasteiger partial charge in [0.05, 0.1) is 0 Å². The normalized spacial score (nSPS) is 11.5. The van der Waals surface area contributed by atoms with Crippen molar-refractivity contribution in [2.45, 2.75) is 0 Å². The van der Waals surface area contributed by atoms with E-state index in [1.54, 1.807) is 0 Å². The molecule has 0 aromatic heterocycles. The van der Waals surface area contributed by atoms with Gasteiger partial charge < -0.3 is 0 Å². The van der Waals surface area contributed by atoms with Crippen LogP contribution < -0.4 is 0 Å². The first-order chi connectivity index (χ1) is 22.8. The first-order valence-corrected chi connectivity index (χ1v) is 15.9. The van der Waals surface area contributed by atoms with E-state index in [9.17, 15) is 0 Å². The average molecular weight is 583 g/mol. The van der Waals surface area contributed by atoms with Gasteiger partial charge in [0.2, 0.25) is 0 Å². The Kier molecular flexibility index (Phi) is 6.25. The Bertz CT molecular complexity index is 2490. The van der Waals surface area contributed by atoms with Crippen molar-refractivity contribution in [1.82, 2.24) is 0 Å². The lowest BCUT2D eigenvalue weighted by molar-refractivity contribution is 1.62. The highest BCUT2D eigenvalue weighted by molar-refractivity contribution is 6.23. The highest BCUT2D eigenvalue weighted by Crippen LogP contribution is 2.45. The van der Waals surface area contributed by atoms with Crippen LogP contribution in [0.15, 0.2) is 182 Å². The minimum Gasteiger partial charge on any atom is -0.0622 e. The minimum absolute atomic E-state index is 1.22. The van der Waals surface area contributed by atoms with E-state index in [4.69, 9.17) is 0 Å². The Morgan fingerprint density at radius 2 is 0.696 bits per heavy atom. The van der Waals surface area contributed by atoms with Crippen LogP contribution in [0.3, 0.4) is 0 Å². The molecule has 0 atom stereocenters. The molecule has 9 rings (SSSR count). The fourth-order valence-corrected chi connectivity index (χ4v) is 7.32. The van der Waals surface area contributed by atoms with E-state index >= 15 is 0 Å². The highest BCUT2D eigenvalue weighted by atomic mass is 14.2. The molecule has 0 N–H and O–H groups in total. The second-order valence-electron chi connectivity index (χ2n) is 12.1. The monoisotopic (exact) mass is 582 g/mol. The van der Waals surface area contributed by atoms with Gasteiger partial charge in [-0.25, -0.2) is 0 Å². The van der Waals surface area contributed by atoms with Gasteiger partial charge in [-0.15, -0.1) is 0 Å². The van der Waals surface area contributed by atoms with Crippen molar-refractivity contribution < 1.29 is 0 Å². The van der Waals surface area contributed by atoms with Crippen LogP contribution in [0.4, 0.5) is 0 Å². The molecule has 46 heavy (non-hydrogen) atoms. The molecule has 0 aliphatic rings. The first kappa shape index (κ1) is 26.4. The molecule has 0 fully saturated rings. The maximum Gasteiger partial charge on any atom is -0.00201 e. The molecule has 9 aromatic carbocycles. The summed E-state index contributed by atoms with van der Waals surface area (Å²) in [5.74, 6) is 0. The van der Waals surface area contributed by atoms with Crippen molar-refractivity contribution in [2.75, 3.05) is 0 Å². The number of hydrogen-bond acceptors (Lipinski definition) is 0. The smallest absolute Gasteiger partial charge is 0.00201 e. The second-order valence-corrected chi connectivity index (χ2v) is 12.1. The molecule has 0 radical (unpaired) electrons. The molecule has 0 spiro atoms. The van der Waals surface area contributed by atoms with Crippen LogP contribution in [0.1, 0.15) is 0 Å². The molecule has 0 amide bonds. The van der Waals surface area contributed by atoms with Crippen molar-refractivity contribution in [1.29, 1.82) is 0 Å². The molecule has 9 aromatic rings. The van der Waals surface area contributed by atoms with Gasteiger partial charge in [-0.2, -0.15) is 0 Å². The quantitative estimate of drug-likeness (QED) is 0.181. The average Bonchev–Trinajstić information content (AvgIpc) is 3.14. The molecule has 0 saturated carbocycles. The molecule has 0 bridgehead atoms. The topological polar surface area (TPSA) is 0 Å². The minimum atomic E-state index is 1.22. The Morgan fingerprint density at radius 1 is 0.217 bits per heavy atom. The predicted octanol–water partition coefficient (Wildman–Crippen LogP) is 13.0. The van der Waals surface area contributed by atoms with Gasteiger partial charge in [0, 0.05) is 0 Å². The van der Waals surface area contributed by atoms with Gasteiger partial charge >= 0.3 is 0 Å². The maximum absolute atomic E-state index is 2.33. The van der Waals surface area contributed by atoms with Gasteiger partial charge in [-0.3, -0.25) is 0 Å². The fraction of sp³-hybridized carbons (Fsp3) is 0. The summed E-state index contributed by atoms with van der Waals surface area (Å²) in [7, 11) is 0. The van der Waals surface area contributed by atoms with E-state index < -0.39 is 0 Å². The molecule has 0 heteroatoms. The van der Waals surface area contributed by atoms with E-state index in [1.807, 2.05) is 0 Å². The Hall–Kier alpha value is -5.98. The van der Waals surface area contributed by atoms with Crippen molar-refractivity contribution in [2.24, 2.45) is 0 Å². The van der Waals surface area contributed by atoms with Crippen molar-refractivity contribution in [3.05, 3.63) is 182 Å². The number of hydrogen-bond donors (Lipinski definition) is 0. The van der Waals surface area contributed by atoms with Crippen LogP contribution in [-0.2, 0) is 0 Å². The maximum atomic E-state index is 2.33. The molecule has 0 saturated heterocycles. The zero-order valence-corrected chi connectivity index (χ0v) is 25.3. The van der Waals surface area contributed by atoms with Gasteiger partial charge in [0.15, 0.2) is 0 Å². The van der Waals surface area contributed by atoms with Gasteiger partial charge in [0.25, 0.3) is 0 Å². The summed E-state index contributed by atoms with van der Waals surface area (Å²) in [6.07, 6.45) is 0. The summed E-state index contributed by atoms with van der Waals surface area (Å²) in [6, 6.07) is 66.5. The summed E-state index contributed by atoms with van der Waals surface area (Å²) < 4.78 is 0. The van der Waals surface area contributed by atoms with E-state index in [0.29, 0.717) is 0 Å². The number of benzene rings is 9. The molecule has 214 valence electrons. The Labute approximate surface area is 268 Å². The third-order valence-corrected chi connectivity index (χ3v) is 9.46. The molecule has 0 nitrogen and oxygen atoms in total. The third kappa shape index (κ3) is 4.30. The lowest BCUT2D eigenvalue weighted by Gasteiger charge is -2.19. The van der Waals surface area contributed by atoms with Crippen LogP contribution in [0.5, 0.6) is 0 Å². The van der Waals surface area contributed by atoms with Crippen LogP contribution >= 0.6 is 0 Å². The molecular weight excluding hydrogens is 553 g/mol. The molecule has 0 aliphatic carbocycles. The Balaban J connectivity index is 1.23. The molecular formula is C46H30. The van der Waals surface area contributed by atoms with Crippen LogP contribution in [0, 0.1) is 0 Å². The van der Waals surface area contributed by atoms with Crippen molar-refractivity contribution in [3.8, 4) is 44.5 Å². The van der Waals surface area contributed by atoms with E-state index in [2.05, 4.69) is 182 Å². The summed E-state index contributed by atoms with van der Waals surface area (Å²) in [5.41, 5.74) is 10.0. The molecule has 0 heterocycles. The summed E-state index contributed by atoms with van der Waals surface area (Å²) in [4.78, 5) is 0. The zero-order chi connectivity index (χ0) is 30.5.